The molecule has 0 aromatic rings. The summed E-state index contributed by atoms with van der Waals surface area (Å²) in [6, 6.07) is 2.36. The third kappa shape index (κ3) is 4.06. The van der Waals surface area contributed by atoms with Crippen molar-refractivity contribution in [2.75, 3.05) is 0 Å². The lowest BCUT2D eigenvalue weighted by Crippen LogP contribution is -2.63. The van der Waals surface area contributed by atoms with E-state index >= 15 is 0 Å². The van der Waals surface area contributed by atoms with Gasteiger partial charge in [0.2, 0.25) is 0 Å². The number of carbonyl (C=O) groups is 2. The molecule has 0 aromatic heterocycles. The molecule has 0 amide bonds. The molecule has 3 unspecified atom stereocenters. The minimum Gasteiger partial charge on any atom is -0.463 e. The molecule has 8 atom stereocenters. The average molecular weight is 508 g/mol. The number of nitrogens with zero attached hydrogens (tertiary/aromatic N) is 1. The molecule has 0 heterocycles. The van der Waals surface area contributed by atoms with E-state index in [1.54, 1.807) is 0 Å². The fourth-order valence-electron chi connectivity index (χ4n) is 9.57. The summed E-state index contributed by atoms with van der Waals surface area (Å²) in [7, 11) is 0. The first-order valence-electron chi connectivity index (χ1n) is 14.6. The molecule has 0 radical (unpaired) electrons. The van der Waals surface area contributed by atoms with Gasteiger partial charge in [0.05, 0.1) is 17.6 Å². The van der Waals surface area contributed by atoms with Crippen LogP contribution in [0.4, 0.5) is 0 Å². The molecule has 3 saturated carbocycles. The quantitative estimate of drug-likeness (QED) is 0.279. The molecular formula is C33H49NO3. The predicted molar refractivity (Wildman–Crippen MR) is 147 cm³/mol. The Bertz CT molecular complexity index is 1070. The third-order valence-electron chi connectivity index (χ3n) is 12.0. The molecule has 0 aliphatic heterocycles. The number of hydrogen-bond acceptors (Lipinski definition) is 4. The zero-order valence-corrected chi connectivity index (χ0v) is 24.6. The van der Waals surface area contributed by atoms with Crippen LogP contribution < -0.4 is 0 Å². The standard InChI is InChI=1S/C33H49NO3/c1-21(2)23-11-13-33(9)27(31(23,7)12-10-18-34)26(35)19-24-25-20-30(6,28(36)37-22(3)4)15-14-29(25,5)16-17-32(24,33)8/h19,22-23,25,27H,1,10-17,20H2,2-9H3/t23?,25?,27?,29-,30+,31+,32-,33-/m1/s1. The highest BCUT2D eigenvalue weighted by Gasteiger charge is 2.68. The first-order chi connectivity index (χ1) is 17.1. The minimum atomic E-state index is -0.521. The first kappa shape index (κ1) is 28.1. The van der Waals surface area contributed by atoms with Crippen LogP contribution in [0.15, 0.2) is 23.8 Å². The maximum atomic E-state index is 14.3. The molecule has 4 aliphatic carbocycles. The predicted octanol–water partition coefficient (Wildman–Crippen LogP) is 7.98. The Hall–Kier alpha value is -1.89. The molecule has 4 aliphatic rings. The molecule has 0 bridgehead atoms. The van der Waals surface area contributed by atoms with E-state index in [9.17, 15) is 14.9 Å². The van der Waals surface area contributed by atoms with Gasteiger partial charge in [0.1, 0.15) is 0 Å². The summed E-state index contributed by atoms with van der Waals surface area (Å²) >= 11 is 0. The van der Waals surface area contributed by atoms with Crippen LogP contribution in [-0.2, 0) is 14.3 Å². The number of carbonyl (C=O) groups excluding carboxylic acids is 2. The van der Waals surface area contributed by atoms with Crippen LogP contribution in [0.1, 0.15) is 113 Å². The van der Waals surface area contributed by atoms with Crippen LogP contribution >= 0.6 is 0 Å². The molecular weight excluding hydrogens is 458 g/mol. The Morgan fingerprint density at radius 2 is 1.78 bits per heavy atom. The van der Waals surface area contributed by atoms with Crippen molar-refractivity contribution in [1.82, 2.24) is 0 Å². The zero-order valence-electron chi connectivity index (χ0n) is 24.6. The van der Waals surface area contributed by atoms with Gasteiger partial charge in [-0.15, -0.1) is 0 Å². The van der Waals surface area contributed by atoms with E-state index < -0.39 is 5.41 Å². The summed E-state index contributed by atoms with van der Waals surface area (Å²) in [6.45, 7) is 21.8. The van der Waals surface area contributed by atoms with Crippen molar-refractivity contribution >= 4 is 11.8 Å². The number of fused-ring (bicyclic) bond motifs is 5. The van der Waals surface area contributed by atoms with Crippen LogP contribution in [0.3, 0.4) is 0 Å². The smallest absolute Gasteiger partial charge is 0.312 e. The van der Waals surface area contributed by atoms with E-state index in [1.165, 1.54) is 5.57 Å². The molecule has 0 aromatic carbocycles. The Morgan fingerprint density at radius 3 is 2.38 bits per heavy atom. The second kappa shape index (κ2) is 9.10. The fourth-order valence-corrected chi connectivity index (χ4v) is 9.57. The van der Waals surface area contributed by atoms with E-state index in [0.717, 1.165) is 56.9 Å². The molecule has 204 valence electrons. The highest BCUT2D eigenvalue weighted by atomic mass is 16.5. The van der Waals surface area contributed by atoms with Crippen molar-refractivity contribution in [3.63, 3.8) is 0 Å². The SMILES string of the molecule is C=C(C)C1CC[C@]2(C)C(C(=O)C=C3C4C[C@@](C)(C(=O)OC(C)C)CC[C@]4(C)CC[C@]32C)[C@@]1(C)CCC#N. The topological polar surface area (TPSA) is 67.2 Å². The van der Waals surface area contributed by atoms with Crippen molar-refractivity contribution in [1.29, 1.82) is 5.26 Å². The van der Waals surface area contributed by atoms with Gasteiger partial charge in [-0.1, -0.05) is 45.4 Å². The Balaban J connectivity index is 1.81. The summed E-state index contributed by atoms with van der Waals surface area (Å²) in [5.41, 5.74) is 1.45. The van der Waals surface area contributed by atoms with E-state index in [1.807, 2.05) is 19.9 Å². The number of nitriles is 1. The van der Waals surface area contributed by atoms with Crippen LogP contribution in [0.2, 0.25) is 0 Å². The normalized spacial score (nSPS) is 45.1. The molecule has 4 nitrogen and oxygen atoms in total. The van der Waals surface area contributed by atoms with Crippen molar-refractivity contribution in [3.05, 3.63) is 23.8 Å². The number of hydrogen-bond donors (Lipinski definition) is 0. The lowest BCUT2D eigenvalue weighted by atomic mass is 9.35. The van der Waals surface area contributed by atoms with E-state index in [2.05, 4.69) is 54.2 Å². The Morgan fingerprint density at radius 1 is 1.14 bits per heavy atom. The maximum Gasteiger partial charge on any atom is 0.312 e. The van der Waals surface area contributed by atoms with E-state index in [0.29, 0.717) is 6.42 Å². The van der Waals surface area contributed by atoms with Crippen LogP contribution in [0, 0.1) is 56.2 Å². The summed E-state index contributed by atoms with van der Waals surface area (Å²) < 4.78 is 5.73. The number of esters is 1. The molecule has 4 heteroatoms. The van der Waals surface area contributed by atoms with E-state index in [4.69, 9.17) is 4.74 Å². The summed E-state index contributed by atoms with van der Waals surface area (Å²) in [4.78, 5) is 27.6. The summed E-state index contributed by atoms with van der Waals surface area (Å²) in [5.74, 6) is 0.481. The van der Waals surface area contributed by atoms with Gasteiger partial charge in [-0.25, -0.2) is 0 Å². The van der Waals surface area contributed by atoms with Crippen molar-refractivity contribution in [3.8, 4) is 6.07 Å². The van der Waals surface area contributed by atoms with Gasteiger partial charge < -0.3 is 4.74 Å². The highest BCUT2D eigenvalue weighted by molar-refractivity contribution is 5.95. The van der Waals surface area contributed by atoms with Crippen LogP contribution in [0.25, 0.3) is 0 Å². The van der Waals surface area contributed by atoms with Gasteiger partial charge in [-0.3, -0.25) is 9.59 Å². The lowest BCUT2D eigenvalue weighted by molar-refractivity contribution is -0.170. The monoisotopic (exact) mass is 507 g/mol. The largest absolute Gasteiger partial charge is 0.463 e. The average Bonchev–Trinajstić information content (AvgIpc) is 2.79. The number of rotatable bonds is 5. The van der Waals surface area contributed by atoms with Gasteiger partial charge in [-0.05, 0) is 119 Å². The number of ketones is 1. The van der Waals surface area contributed by atoms with Gasteiger partial charge in [0, 0.05) is 12.3 Å². The molecule has 0 N–H and O–H groups in total. The van der Waals surface area contributed by atoms with Crippen molar-refractivity contribution < 1.29 is 14.3 Å². The maximum absolute atomic E-state index is 14.3. The molecule has 0 saturated heterocycles. The fraction of sp³-hybridized carbons (Fsp3) is 0.788. The van der Waals surface area contributed by atoms with Crippen LogP contribution in [-0.4, -0.2) is 17.9 Å². The first-order valence-corrected chi connectivity index (χ1v) is 14.6. The second-order valence-electron chi connectivity index (χ2n) is 14.7. The minimum absolute atomic E-state index is 0.0882. The molecule has 3 fully saturated rings. The van der Waals surface area contributed by atoms with Gasteiger partial charge in [0.25, 0.3) is 0 Å². The van der Waals surface area contributed by atoms with Crippen LogP contribution in [0.5, 0.6) is 0 Å². The molecule has 0 spiro atoms. The number of ether oxygens (including phenoxy) is 1. The molecule has 37 heavy (non-hydrogen) atoms. The number of allylic oxidation sites excluding steroid dienone is 3. The van der Waals surface area contributed by atoms with E-state index in [-0.39, 0.29) is 57.3 Å². The highest BCUT2D eigenvalue weighted by Crippen LogP contribution is 2.73. The summed E-state index contributed by atoms with van der Waals surface area (Å²) in [6.07, 6.45) is 9.88. The van der Waals surface area contributed by atoms with Crippen molar-refractivity contribution in [2.24, 2.45) is 44.8 Å². The van der Waals surface area contributed by atoms with Gasteiger partial charge in [-0.2, -0.15) is 5.26 Å². The Kier molecular flexibility index (Phi) is 6.92. The van der Waals surface area contributed by atoms with Gasteiger partial charge >= 0.3 is 5.97 Å². The second-order valence-corrected chi connectivity index (χ2v) is 14.7. The summed E-state index contributed by atoms with van der Waals surface area (Å²) in [5, 5.41) is 9.50. The Labute approximate surface area is 225 Å². The zero-order chi connectivity index (χ0) is 27.6. The van der Waals surface area contributed by atoms with Crippen molar-refractivity contribution in [2.45, 2.75) is 119 Å². The third-order valence-corrected chi connectivity index (χ3v) is 12.0. The lowest BCUT2D eigenvalue weighted by Gasteiger charge is -2.68. The molecule has 4 rings (SSSR count). The van der Waals surface area contributed by atoms with Gasteiger partial charge in [0.15, 0.2) is 5.78 Å².